The highest BCUT2D eigenvalue weighted by Crippen LogP contribution is 2.27. The zero-order valence-corrected chi connectivity index (χ0v) is 19.2. The van der Waals surface area contributed by atoms with Crippen molar-refractivity contribution in [2.75, 3.05) is 32.8 Å². The number of aromatic nitrogens is 3. The molecule has 176 valence electrons. The first kappa shape index (κ1) is 23.1. The van der Waals surface area contributed by atoms with Gasteiger partial charge in [-0.2, -0.15) is 4.31 Å². The van der Waals surface area contributed by atoms with Crippen LogP contribution in [-0.4, -0.2) is 71.1 Å². The van der Waals surface area contributed by atoms with Crippen LogP contribution in [0.3, 0.4) is 0 Å². The van der Waals surface area contributed by atoms with E-state index in [-0.39, 0.29) is 43.6 Å². The molecular weight excluding hydrogens is 456 g/mol. The van der Waals surface area contributed by atoms with E-state index < -0.39 is 21.7 Å². The van der Waals surface area contributed by atoms with Crippen molar-refractivity contribution in [3.63, 3.8) is 0 Å². The van der Waals surface area contributed by atoms with Gasteiger partial charge in [0, 0.05) is 38.9 Å². The minimum atomic E-state index is -4.00. The number of ether oxygens (including phenoxy) is 1. The predicted molar refractivity (Wildman–Crippen MR) is 115 cm³/mol. The second kappa shape index (κ2) is 8.67. The fourth-order valence-corrected chi connectivity index (χ4v) is 5.27. The maximum absolute atomic E-state index is 13.5. The predicted octanol–water partition coefficient (Wildman–Crippen LogP) is 1.78. The number of piperazine rings is 1. The number of halogens is 2. The molecule has 1 aliphatic heterocycles. The molecule has 4 rings (SSSR count). The summed E-state index contributed by atoms with van der Waals surface area (Å²) in [5.74, 6) is -2.35. The molecule has 1 aliphatic rings. The summed E-state index contributed by atoms with van der Waals surface area (Å²) in [4.78, 5) is 18.3. The highest BCUT2D eigenvalue weighted by atomic mass is 32.2. The Hall–Kier alpha value is -3.12. The fourth-order valence-electron chi connectivity index (χ4n) is 3.84. The Morgan fingerprint density at radius 2 is 1.79 bits per heavy atom. The van der Waals surface area contributed by atoms with E-state index in [4.69, 9.17) is 4.74 Å². The van der Waals surface area contributed by atoms with E-state index in [1.807, 2.05) is 19.9 Å². The van der Waals surface area contributed by atoms with E-state index >= 15 is 0 Å². The summed E-state index contributed by atoms with van der Waals surface area (Å²) in [5.41, 5.74) is 2.44. The molecule has 0 spiro atoms. The average Bonchev–Trinajstić information content (AvgIpc) is 3.09. The van der Waals surface area contributed by atoms with Crippen LogP contribution < -0.4 is 4.74 Å². The molecule has 2 aromatic heterocycles. The largest absolute Gasteiger partial charge is 0.466 e. The molecule has 0 atom stereocenters. The highest BCUT2D eigenvalue weighted by Gasteiger charge is 2.31. The molecule has 9 nitrogen and oxygen atoms in total. The number of aryl methyl sites for hydroxylation is 3. The molecule has 1 aromatic carbocycles. The lowest BCUT2D eigenvalue weighted by Gasteiger charge is -2.33. The molecule has 1 saturated heterocycles. The third-order valence-corrected chi connectivity index (χ3v) is 7.43. The highest BCUT2D eigenvalue weighted by molar-refractivity contribution is 7.89. The van der Waals surface area contributed by atoms with E-state index in [9.17, 15) is 22.0 Å². The number of fused-ring (bicyclic) bond motifs is 1. The zero-order valence-electron chi connectivity index (χ0n) is 18.4. The first-order chi connectivity index (χ1) is 15.6. The SMILES string of the molecule is Cc1cc(C)c2c(OCC(=O)N3CCN(S(=O)(=O)c4ccc(F)c(F)c4)CC3)nn(C)c2n1. The molecule has 3 heterocycles. The van der Waals surface area contributed by atoms with Crippen LogP contribution in [-0.2, 0) is 21.9 Å². The molecule has 0 unspecified atom stereocenters. The monoisotopic (exact) mass is 479 g/mol. The number of hydrogen-bond donors (Lipinski definition) is 0. The van der Waals surface area contributed by atoms with Crippen LogP contribution in [0.4, 0.5) is 8.78 Å². The number of sulfonamides is 1. The molecule has 33 heavy (non-hydrogen) atoms. The zero-order chi connectivity index (χ0) is 23.9. The van der Waals surface area contributed by atoms with Gasteiger partial charge in [0.1, 0.15) is 0 Å². The smallest absolute Gasteiger partial charge is 0.260 e. The first-order valence-electron chi connectivity index (χ1n) is 10.2. The van der Waals surface area contributed by atoms with Gasteiger partial charge in [-0.3, -0.25) is 4.79 Å². The third-order valence-electron chi connectivity index (χ3n) is 5.54. The summed E-state index contributed by atoms with van der Waals surface area (Å²) < 4.78 is 60.5. The van der Waals surface area contributed by atoms with E-state index in [0.717, 1.165) is 33.1 Å². The van der Waals surface area contributed by atoms with Crippen molar-refractivity contribution in [1.82, 2.24) is 24.0 Å². The molecule has 0 N–H and O–H groups in total. The number of pyridine rings is 1. The Labute approximate surface area is 189 Å². The molecule has 0 saturated carbocycles. The van der Waals surface area contributed by atoms with Gasteiger partial charge in [0.2, 0.25) is 15.9 Å². The minimum Gasteiger partial charge on any atom is -0.466 e. The molecule has 12 heteroatoms. The number of amides is 1. The second-order valence-corrected chi connectivity index (χ2v) is 9.80. The summed E-state index contributed by atoms with van der Waals surface area (Å²) in [6.45, 7) is 3.90. The van der Waals surface area contributed by atoms with Crippen molar-refractivity contribution in [2.45, 2.75) is 18.7 Å². The van der Waals surface area contributed by atoms with E-state index in [0.29, 0.717) is 17.6 Å². The number of carbonyl (C=O) groups is 1. The summed E-state index contributed by atoms with van der Waals surface area (Å²) >= 11 is 0. The summed E-state index contributed by atoms with van der Waals surface area (Å²) in [5, 5.41) is 5.05. The minimum absolute atomic E-state index is 0.0297. The van der Waals surface area contributed by atoms with Gasteiger partial charge in [-0.05, 0) is 43.7 Å². The van der Waals surface area contributed by atoms with Gasteiger partial charge >= 0.3 is 0 Å². The number of benzene rings is 1. The van der Waals surface area contributed by atoms with E-state index in [1.165, 1.54) is 4.90 Å². The molecular formula is C21H23F2N5O4S. The van der Waals surface area contributed by atoms with Crippen molar-refractivity contribution < 1.29 is 26.7 Å². The van der Waals surface area contributed by atoms with Gasteiger partial charge in [0.05, 0.1) is 10.3 Å². The molecule has 1 amide bonds. The Morgan fingerprint density at radius 3 is 2.45 bits per heavy atom. The number of hydrogen-bond acceptors (Lipinski definition) is 6. The lowest BCUT2D eigenvalue weighted by atomic mass is 10.2. The van der Waals surface area contributed by atoms with Gasteiger partial charge in [-0.1, -0.05) is 0 Å². The average molecular weight is 480 g/mol. The van der Waals surface area contributed by atoms with Crippen molar-refractivity contribution in [3.8, 4) is 5.88 Å². The normalized spacial score (nSPS) is 15.2. The standard InChI is InChI=1S/C21H23F2N5O4S/c1-13-10-14(2)24-20-19(13)21(25-26(20)3)32-12-18(29)27-6-8-28(9-7-27)33(30,31)15-4-5-16(22)17(23)11-15/h4-5,10-11H,6-9,12H2,1-3H3. The van der Waals surface area contributed by atoms with Crippen molar-refractivity contribution in [3.05, 3.63) is 47.2 Å². The Kier molecular flexibility index (Phi) is 6.06. The quantitative estimate of drug-likeness (QED) is 0.553. The molecule has 0 radical (unpaired) electrons. The van der Waals surface area contributed by atoms with Gasteiger partial charge < -0.3 is 9.64 Å². The van der Waals surface area contributed by atoms with Crippen LogP contribution in [0.15, 0.2) is 29.2 Å². The topological polar surface area (TPSA) is 97.6 Å². The van der Waals surface area contributed by atoms with Crippen LogP contribution in [0.1, 0.15) is 11.3 Å². The van der Waals surface area contributed by atoms with Gasteiger partial charge in [-0.15, -0.1) is 5.10 Å². The Balaban J connectivity index is 1.39. The van der Waals surface area contributed by atoms with E-state index in [2.05, 4.69) is 10.1 Å². The van der Waals surface area contributed by atoms with Gasteiger partial charge in [0.25, 0.3) is 5.91 Å². The summed E-state index contributed by atoms with van der Waals surface area (Å²) in [7, 11) is -2.25. The lowest BCUT2D eigenvalue weighted by Crippen LogP contribution is -2.51. The first-order valence-corrected chi connectivity index (χ1v) is 11.7. The van der Waals surface area contributed by atoms with Crippen molar-refractivity contribution in [1.29, 1.82) is 0 Å². The number of nitrogens with zero attached hydrogens (tertiary/aromatic N) is 5. The Morgan fingerprint density at radius 1 is 1.09 bits per heavy atom. The molecule has 1 fully saturated rings. The molecule has 0 aliphatic carbocycles. The van der Waals surface area contributed by atoms with Crippen molar-refractivity contribution >= 4 is 27.0 Å². The van der Waals surface area contributed by atoms with Crippen molar-refractivity contribution in [2.24, 2.45) is 7.05 Å². The van der Waals surface area contributed by atoms with E-state index in [1.54, 1.807) is 11.7 Å². The summed E-state index contributed by atoms with van der Waals surface area (Å²) in [6.07, 6.45) is 0. The van der Waals surface area contributed by atoms with Crippen LogP contribution in [0.2, 0.25) is 0 Å². The lowest BCUT2D eigenvalue weighted by molar-refractivity contribution is -0.134. The van der Waals surface area contributed by atoms with Crippen LogP contribution in [0, 0.1) is 25.5 Å². The third kappa shape index (κ3) is 4.40. The maximum atomic E-state index is 13.5. The van der Waals surface area contributed by atoms with Gasteiger partial charge in [0.15, 0.2) is 23.9 Å². The second-order valence-electron chi connectivity index (χ2n) is 7.86. The fraction of sp³-hybridized carbons (Fsp3) is 0.381. The number of rotatable bonds is 5. The maximum Gasteiger partial charge on any atom is 0.260 e. The molecule has 3 aromatic rings. The van der Waals surface area contributed by atoms with Crippen LogP contribution in [0.25, 0.3) is 11.0 Å². The van der Waals surface area contributed by atoms with Crippen LogP contribution in [0.5, 0.6) is 5.88 Å². The van der Waals surface area contributed by atoms with Gasteiger partial charge in [-0.25, -0.2) is 26.9 Å². The van der Waals surface area contributed by atoms with Crippen LogP contribution >= 0.6 is 0 Å². The Bertz CT molecular complexity index is 1330. The number of carbonyl (C=O) groups excluding carboxylic acids is 1. The summed E-state index contributed by atoms with van der Waals surface area (Å²) in [6, 6.07) is 4.37. The molecule has 0 bridgehead atoms.